The lowest BCUT2D eigenvalue weighted by atomic mass is 10.2. The standard InChI is InChI=1S/C17H18BrFN2S2/c18-14-3-1-4-16(11-14)21-17(22)20-9-2-10-23-12-13-5-7-15(19)8-6-13/h1,3-8,11H,2,9-10,12H2,(H2,20,21,22). The number of nitrogens with one attached hydrogen (secondary N) is 2. The molecule has 0 spiro atoms. The normalized spacial score (nSPS) is 10.3. The van der Waals surface area contributed by atoms with Crippen LogP contribution in [0.3, 0.4) is 0 Å². The lowest BCUT2D eigenvalue weighted by Crippen LogP contribution is -2.29. The molecule has 0 heterocycles. The van der Waals surface area contributed by atoms with E-state index in [0.717, 1.165) is 40.2 Å². The summed E-state index contributed by atoms with van der Waals surface area (Å²) < 4.78 is 13.8. The van der Waals surface area contributed by atoms with E-state index in [-0.39, 0.29) is 5.82 Å². The number of halogens is 2. The van der Waals surface area contributed by atoms with Crippen molar-refractivity contribution in [1.82, 2.24) is 5.32 Å². The van der Waals surface area contributed by atoms with E-state index in [0.29, 0.717) is 5.11 Å². The Morgan fingerprint density at radius 3 is 2.70 bits per heavy atom. The molecule has 0 aliphatic rings. The van der Waals surface area contributed by atoms with Crippen LogP contribution < -0.4 is 10.6 Å². The number of anilines is 1. The molecule has 0 radical (unpaired) electrons. The summed E-state index contributed by atoms with van der Waals surface area (Å²) in [6.07, 6.45) is 1.02. The summed E-state index contributed by atoms with van der Waals surface area (Å²) in [5.74, 6) is 1.75. The highest BCUT2D eigenvalue weighted by Crippen LogP contribution is 2.15. The summed E-state index contributed by atoms with van der Waals surface area (Å²) in [7, 11) is 0. The molecular formula is C17H18BrFN2S2. The molecule has 2 N–H and O–H groups in total. The van der Waals surface area contributed by atoms with Crippen molar-refractivity contribution in [1.29, 1.82) is 0 Å². The van der Waals surface area contributed by atoms with Gasteiger partial charge in [0.1, 0.15) is 5.82 Å². The highest BCUT2D eigenvalue weighted by Gasteiger charge is 1.99. The second-order valence-electron chi connectivity index (χ2n) is 4.92. The number of hydrogen-bond acceptors (Lipinski definition) is 2. The fourth-order valence-corrected chi connectivity index (χ4v) is 3.43. The molecule has 2 aromatic rings. The summed E-state index contributed by atoms with van der Waals surface area (Å²) >= 11 is 10.5. The highest BCUT2D eigenvalue weighted by atomic mass is 79.9. The van der Waals surface area contributed by atoms with Gasteiger partial charge < -0.3 is 10.6 Å². The Balaban J connectivity index is 1.56. The van der Waals surface area contributed by atoms with Crippen LogP contribution in [0, 0.1) is 5.82 Å². The van der Waals surface area contributed by atoms with Gasteiger partial charge in [-0.2, -0.15) is 11.8 Å². The van der Waals surface area contributed by atoms with Gasteiger partial charge in [-0.05, 0) is 60.3 Å². The molecule has 0 saturated carbocycles. The highest BCUT2D eigenvalue weighted by molar-refractivity contribution is 9.10. The topological polar surface area (TPSA) is 24.1 Å². The van der Waals surface area contributed by atoms with E-state index < -0.39 is 0 Å². The zero-order chi connectivity index (χ0) is 16.5. The van der Waals surface area contributed by atoms with E-state index in [1.807, 2.05) is 48.2 Å². The predicted octanol–water partition coefficient (Wildman–Crippen LogP) is 5.20. The number of rotatable bonds is 7. The van der Waals surface area contributed by atoms with Crippen LogP contribution in [0.15, 0.2) is 53.0 Å². The van der Waals surface area contributed by atoms with Crippen LogP contribution in [-0.4, -0.2) is 17.4 Å². The van der Waals surface area contributed by atoms with Crippen LogP contribution in [0.4, 0.5) is 10.1 Å². The molecular weight excluding hydrogens is 395 g/mol. The van der Waals surface area contributed by atoms with Crippen LogP contribution in [0.1, 0.15) is 12.0 Å². The van der Waals surface area contributed by atoms with Crippen LogP contribution in [0.25, 0.3) is 0 Å². The lowest BCUT2D eigenvalue weighted by Gasteiger charge is -2.10. The Hall–Kier alpha value is -1.11. The Kier molecular flexibility index (Phi) is 7.85. The summed E-state index contributed by atoms with van der Waals surface area (Å²) in [4.78, 5) is 0. The molecule has 23 heavy (non-hydrogen) atoms. The third-order valence-corrected chi connectivity index (χ3v) is 4.87. The van der Waals surface area contributed by atoms with Gasteiger partial charge in [0.15, 0.2) is 5.11 Å². The largest absolute Gasteiger partial charge is 0.362 e. The van der Waals surface area contributed by atoms with Crippen molar-refractivity contribution in [2.45, 2.75) is 12.2 Å². The van der Waals surface area contributed by atoms with E-state index in [1.165, 1.54) is 12.1 Å². The molecule has 122 valence electrons. The minimum atomic E-state index is -0.186. The number of thiocarbonyl (C=S) groups is 1. The molecule has 0 saturated heterocycles. The third kappa shape index (κ3) is 7.33. The van der Waals surface area contributed by atoms with Crippen molar-refractivity contribution in [2.75, 3.05) is 17.6 Å². The maximum atomic E-state index is 12.8. The van der Waals surface area contributed by atoms with Gasteiger partial charge in [0.25, 0.3) is 0 Å². The first-order valence-corrected chi connectivity index (χ1v) is 9.62. The molecule has 0 amide bonds. The molecule has 0 fully saturated rings. The van der Waals surface area contributed by atoms with Gasteiger partial charge >= 0.3 is 0 Å². The molecule has 0 aliphatic heterocycles. The van der Waals surface area contributed by atoms with Crippen LogP contribution in [0.2, 0.25) is 0 Å². The Morgan fingerprint density at radius 2 is 1.96 bits per heavy atom. The van der Waals surface area contributed by atoms with Crippen molar-refractivity contribution < 1.29 is 4.39 Å². The lowest BCUT2D eigenvalue weighted by molar-refractivity contribution is 0.627. The van der Waals surface area contributed by atoms with Gasteiger partial charge in [0, 0.05) is 22.5 Å². The summed E-state index contributed by atoms with van der Waals surface area (Å²) in [5.41, 5.74) is 2.11. The van der Waals surface area contributed by atoms with E-state index in [1.54, 1.807) is 0 Å². The summed E-state index contributed by atoms with van der Waals surface area (Å²) in [6.45, 7) is 0.830. The first kappa shape index (κ1) is 18.2. The van der Waals surface area contributed by atoms with E-state index in [9.17, 15) is 4.39 Å². The van der Waals surface area contributed by atoms with Crippen molar-refractivity contribution in [3.63, 3.8) is 0 Å². The van der Waals surface area contributed by atoms with Gasteiger partial charge in [-0.3, -0.25) is 0 Å². The minimum absolute atomic E-state index is 0.186. The molecule has 0 bridgehead atoms. The fourth-order valence-electron chi connectivity index (χ4n) is 1.89. The average molecular weight is 413 g/mol. The van der Waals surface area contributed by atoms with Gasteiger partial charge in [0.05, 0.1) is 0 Å². The smallest absolute Gasteiger partial charge is 0.170 e. The maximum absolute atomic E-state index is 12.8. The molecule has 0 atom stereocenters. The van der Waals surface area contributed by atoms with E-state index in [4.69, 9.17) is 12.2 Å². The van der Waals surface area contributed by atoms with Crippen molar-refractivity contribution in [3.8, 4) is 0 Å². The molecule has 0 aliphatic carbocycles. The molecule has 0 aromatic heterocycles. The van der Waals surface area contributed by atoms with Crippen molar-refractivity contribution >= 4 is 50.7 Å². The summed E-state index contributed by atoms with van der Waals surface area (Å²) in [6, 6.07) is 14.5. The Morgan fingerprint density at radius 1 is 1.17 bits per heavy atom. The molecule has 6 heteroatoms. The van der Waals surface area contributed by atoms with Crippen LogP contribution in [-0.2, 0) is 5.75 Å². The van der Waals surface area contributed by atoms with Crippen molar-refractivity contribution in [2.24, 2.45) is 0 Å². The molecule has 2 nitrogen and oxygen atoms in total. The SMILES string of the molecule is Fc1ccc(CSCCCNC(=S)Nc2cccc(Br)c2)cc1. The average Bonchev–Trinajstić information content (AvgIpc) is 2.52. The second kappa shape index (κ2) is 9.90. The van der Waals surface area contributed by atoms with Gasteiger partial charge in [-0.25, -0.2) is 4.39 Å². The zero-order valence-corrected chi connectivity index (χ0v) is 15.7. The van der Waals surface area contributed by atoms with Gasteiger partial charge in [0.2, 0.25) is 0 Å². The van der Waals surface area contributed by atoms with Crippen molar-refractivity contribution in [3.05, 3.63) is 64.4 Å². The van der Waals surface area contributed by atoms with E-state index in [2.05, 4.69) is 26.6 Å². The predicted molar refractivity (Wildman–Crippen MR) is 106 cm³/mol. The fraction of sp³-hybridized carbons (Fsp3) is 0.235. The minimum Gasteiger partial charge on any atom is -0.362 e. The van der Waals surface area contributed by atoms with Crippen LogP contribution in [0.5, 0.6) is 0 Å². The number of benzene rings is 2. The number of hydrogen-bond donors (Lipinski definition) is 2. The van der Waals surface area contributed by atoms with Crippen LogP contribution >= 0.6 is 39.9 Å². The first-order chi connectivity index (χ1) is 11.1. The Bertz CT molecular complexity index is 635. The third-order valence-electron chi connectivity index (χ3n) is 3.02. The van der Waals surface area contributed by atoms with Gasteiger partial charge in [-0.1, -0.05) is 34.1 Å². The Labute approximate surface area is 154 Å². The summed E-state index contributed by atoms with van der Waals surface area (Å²) in [5, 5.41) is 6.98. The number of thioether (sulfide) groups is 1. The molecule has 2 rings (SSSR count). The zero-order valence-electron chi connectivity index (χ0n) is 12.5. The monoisotopic (exact) mass is 412 g/mol. The maximum Gasteiger partial charge on any atom is 0.170 e. The molecule has 0 unspecified atom stereocenters. The molecule has 2 aromatic carbocycles. The second-order valence-corrected chi connectivity index (χ2v) is 7.35. The quantitative estimate of drug-likeness (QED) is 0.482. The first-order valence-electron chi connectivity index (χ1n) is 7.26. The van der Waals surface area contributed by atoms with Gasteiger partial charge in [-0.15, -0.1) is 0 Å². The van der Waals surface area contributed by atoms with E-state index >= 15 is 0 Å².